The normalized spacial score (nSPS) is 19.4. The molecule has 1 fully saturated rings. The second-order valence-electron chi connectivity index (χ2n) is 9.38. The van der Waals surface area contributed by atoms with E-state index in [9.17, 15) is 9.18 Å². The van der Waals surface area contributed by atoms with Crippen LogP contribution in [0, 0.1) is 5.92 Å². The predicted octanol–water partition coefficient (Wildman–Crippen LogP) is 6.46. The van der Waals surface area contributed by atoms with E-state index < -0.39 is 6.17 Å². The Morgan fingerprint density at radius 3 is 2.62 bits per heavy atom. The molecule has 0 saturated heterocycles. The first-order valence-corrected chi connectivity index (χ1v) is 13.0. The molecule has 9 heteroatoms. The highest BCUT2D eigenvalue weighted by Gasteiger charge is 2.37. The highest BCUT2D eigenvalue weighted by atomic mass is 79.9. The number of aromatic nitrogens is 5. The number of hydrogen-bond donors (Lipinski definition) is 2. The quantitative estimate of drug-likeness (QED) is 0.184. The Bertz CT molecular complexity index is 1570. The van der Waals surface area contributed by atoms with Crippen molar-refractivity contribution in [2.45, 2.75) is 23.8 Å². The molecule has 3 heterocycles. The molecule has 0 spiro atoms. The van der Waals surface area contributed by atoms with Gasteiger partial charge < -0.3 is 9.88 Å². The van der Waals surface area contributed by atoms with Gasteiger partial charge in [-0.15, -0.1) is 0 Å². The number of halogens is 2. The number of fused-ring (bicyclic) bond motifs is 1. The number of ketones is 1. The van der Waals surface area contributed by atoms with Gasteiger partial charge in [0, 0.05) is 57.9 Å². The van der Waals surface area contributed by atoms with Crippen LogP contribution in [0.1, 0.15) is 23.3 Å². The summed E-state index contributed by atoms with van der Waals surface area (Å²) in [7, 11) is 1.87. The molecule has 0 aliphatic heterocycles. The van der Waals surface area contributed by atoms with Gasteiger partial charge in [-0.05, 0) is 48.7 Å². The van der Waals surface area contributed by atoms with Gasteiger partial charge >= 0.3 is 0 Å². The first kappa shape index (κ1) is 23.5. The number of hydrogen-bond acceptors (Lipinski definition) is 5. The maximum absolute atomic E-state index is 14.0. The second-order valence-corrected chi connectivity index (χ2v) is 10.6. The van der Waals surface area contributed by atoms with Crippen LogP contribution in [0.5, 0.6) is 0 Å². The van der Waals surface area contributed by atoms with E-state index in [0.717, 1.165) is 33.3 Å². The standard InChI is InChI=1S/C28H24BrFN6O/c1-36-24-13-18(3-2-17(24)12-25(36)27(37)19-10-22(29)23(30)11-19)28-31-9-8-26(35-28)34-21-6-4-16(5-7-21)20-14-32-33-15-20/h2-9,12-15,19,22-23H,10-11H2,1H3,(H,32,33)(H,31,34,35)/t19?,22-,23-/m1/s1. The Balaban J connectivity index is 1.24. The lowest BCUT2D eigenvalue weighted by Gasteiger charge is -2.10. The number of aryl methyl sites for hydroxylation is 1. The third kappa shape index (κ3) is 4.55. The van der Waals surface area contributed by atoms with Crippen LogP contribution in [0.4, 0.5) is 15.9 Å². The molecule has 5 aromatic rings. The number of carbonyl (C=O) groups excluding carboxylic acids is 1. The third-order valence-corrected chi connectivity index (χ3v) is 7.93. The Hall–Kier alpha value is -3.85. The number of nitrogens with one attached hydrogen (secondary N) is 2. The molecule has 6 rings (SSSR count). The molecule has 1 aliphatic rings. The number of carbonyl (C=O) groups is 1. The fraction of sp³-hybridized carbons (Fsp3) is 0.214. The Labute approximate surface area is 221 Å². The molecule has 7 nitrogen and oxygen atoms in total. The summed E-state index contributed by atoms with van der Waals surface area (Å²) in [4.78, 5) is 22.1. The van der Waals surface area contributed by atoms with Crippen LogP contribution in [0.25, 0.3) is 33.4 Å². The molecular weight excluding hydrogens is 535 g/mol. The van der Waals surface area contributed by atoms with E-state index in [1.807, 2.05) is 72.4 Å². The highest BCUT2D eigenvalue weighted by Crippen LogP contribution is 2.36. The summed E-state index contributed by atoms with van der Waals surface area (Å²) in [6.45, 7) is 0. The lowest BCUT2D eigenvalue weighted by atomic mass is 10.00. The Morgan fingerprint density at radius 2 is 1.89 bits per heavy atom. The molecule has 1 aliphatic carbocycles. The van der Waals surface area contributed by atoms with Crippen LogP contribution in [0.2, 0.25) is 0 Å². The first-order chi connectivity index (χ1) is 18.0. The van der Waals surface area contributed by atoms with Crippen LogP contribution in [-0.2, 0) is 7.05 Å². The molecule has 3 aromatic heterocycles. The molecule has 2 aromatic carbocycles. The van der Waals surface area contributed by atoms with Gasteiger partial charge in [0.05, 0.1) is 11.9 Å². The molecule has 2 N–H and O–H groups in total. The zero-order valence-electron chi connectivity index (χ0n) is 20.0. The Kier molecular flexibility index (Phi) is 6.08. The number of Topliss-reactive ketones (excluding diaryl/α,β-unsaturated/α-hetero) is 1. The van der Waals surface area contributed by atoms with Crippen molar-refractivity contribution in [2.75, 3.05) is 5.32 Å². The van der Waals surface area contributed by atoms with Crippen LogP contribution >= 0.6 is 15.9 Å². The fourth-order valence-electron chi connectivity index (χ4n) is 4.93. The van der Waals surface area contributed by atoms with Crippen molar-refractivity contribution < 1.29 is 9.18 Å². The molecule has 1 saturated carbocycles. The van der Waals surface area contributed by atoms with Gasteiger partial charge in [-0.3, -0.25) is 9.89 Å². The monoisotopic (exact) mass is 558 g/mol. The summed E-state index contributed by atoms with van der Waals surface area (Å²) in [5, 5.41) is 11.1. The summed E-state index contributed by atoms with van der Waals surface area (Å²) in [5.74, 6) is 0.942. The predicted molar refractivity (Wildman–Crippen MR) is 146 cm³/mol. The minimum atomic E-state index is -0.984. The third-order valence-electron chi connectivity index (χ3n) is 6.98. The number of nitrogens with zero attached hydrogens (tertiary/aromatic N) is 4. The van der Waals surface area contributed by atoms with Crippen molar-refractivity contribution in [1.29, 1.82) is 0 Å². The number of anilines is 2. The average Bonchev–Trinajstić information content (AvgIpc) is 3.64. The molecule has 37 heavy (non-hydrogen) atoms. The van der Waals surface area contributed by atoms with Crippen LogP contribution in [0.15, 0.2) is 73.2 Å². The molecule has 1 unspecified atom stereocenters. The molecular formula is C28H24BrFN6O. The summed E-state index contributed by atoms with van der Waals surface area (Å²) in [5.41, 5.74) is 5.35. The summed E-state index contributed by atoms with van der Waals surface area (Å²) in [6.07, 6.45) is 5.16. The van der Waals surface area contributed by atoms with E-state index in [1.54, 1.807) is 12.4 Å². The smallest absolute Gasteiger partial charge is 0.182 e. The Morgan fingerprint density at radius 1 is 1.08 bits per heavy atom. The van der Waals surface area contributed by atoms with Crippen molar-refractivity contribution in [1.82, 2.24) is 24.7 Å². The lowest BCUT2D eigenvalue weighted by Crippen LogP contribution is -2.15. The van der Waals surface area contributed by atoms with Crippen molar-refractivity contribution in [3.05, 3.63) is 78.9 Å². The topological polar surface area (TPSA) is 88.5 Å². The summed E-state index contributed by atoms with van der Waals surface area (Å²) >= 11 is 3.35. The SMILES string of the molecule is Cn1c(C(=O)C2C[C@@H](F)[C@H](Br)C2)cc2ccc(-c3nccc(Nc4ccc(-c5cn[nH]c5)cc4)n3)cc21. The lowest BCUT2D eigenvalue weighted by molar-refractivity contribution is 0.0909. The number of alkyl halides is 2. The van der Waals surface area contributed by atoms with Crippen LogP contribution in [0.3, 0.4) is 0 Å². The molecule has 0 amide bonds. The number of rotatable bonds is 6. The van der Waals surface area contributed by atoms with E-state index in [4.69, 9.17) is 4.98 Å². The van der Waals surface area contributed by atoms with E-state index >= 15 is 0 Å². The summed E-state index contributed by atoms with van der Waals surface area (Å²) in [6, 6.07) is 17.7. The van der Waals surface area contributed by atoms with Crippen LogP contribution in [-0.4, -0.2) is 41.5 Å². The van der Waals surface area contributed by atoms with Gasteiger partial charge in [-0.1, -0.05) is 40.2 Å². The van der Waals surface area contributed by atoms with Gasteiger partial charge in [0.25, 0.3) is 0 Å². The summed E-state index contributed by atoms with van der Waals surface area (Å²) < 4.78 is 15.9. The van der Waals surface area contributed by atoms with E-state index in [0.29, 0.717) is 23.8 Å². The zero-order chi connectivity index (χ0) is 25.5. The average molecular weight is 559 g/mol. The van der Waals surface area contributed by atoms with Gasteiger partial charge in [0.1, 0.15) is 12.0 Å². The van der Waals surface area contributed by atoms with Gasteiger partial charge in [0.2, 0.25) is 0 Å². The molecule has 0 bridgehead atoms. The minimum Gasteiger partial charge on any atom is -0.341 e. The van der Waals surface area contributed by atoms with Crippen molar-refractivity contribution >= 4 is 44.1 Å². The number of aromatic amines is 1. The fourth-order valence-corrected chi connectivity index (χ4v) is 5.60. The van der Waals surface area contributed by atoms with E-state index in [2.05, 4.69) is 36.4 Å². The van der Waals surface area contributed by atoms with Crippen molar-refractivity contribution in [3.8, 4) is 22.5 Å². The molecule has 186 valence electrons. The van der Waals surface area contributed by atoms with E-state index in [-0.39, 0.29) is 22.9 Å². The molecule has 0 radical (unpaired) electrons. The first-order valence-electron chi connectivity index (χ1n) is 12.1. The van der Waals surface area contributed by atoms with Gasteiger partial charge in [0.15, 0.2) is 11.6 Å². The van der Waals surface area contributed by atoms with Crippen molar-refractivity contribution in [3.63, 3.8) is 0 Å². The largest absolute Gasteiger partial charge is 0.341 e. The zero-order valence-corrected chi connectivity index (χ0v) is 21.6. The molecule has 3 atom stereocenters. The van der Waals surface area contributed by atoms with Gasteiger partial charge in [-0.2, -0.15) is 5.10 Å². The van der Waals surface area contributed by atoms with Crippen molar-refractivity contribution in [2.24, 2.45) is 13.0 Å². The van der Waals surface area contributed by atoms with E-state index in [1.165, 1.54) is 0 Å². The van der Waals surface area contributed by atoms with Gasteiger partial charge in [-0.25, -0.2) is 14.4 Å². The maximum Gasteiger partial charge on any atom is 0.182 e. The van der Waals surface area contributed by atoms with Crippen LogP contribution < -0.4 is 5.32 Å². The second kappa shape index (κ2) is 9.55. The number of benzene rings is 2. The highest BCUT2D eigenvalue weighted by molar-refractivity contribution is 9.09. The number of H-pyrrole nitrogens is 1. The maximum atomic E-state index is 14.0. The minimum absolute atomic E-state index is 0.00825.